The molecule has 2 fully saturated rings. The molecule has 2 rings (SSSR count). The lowest BCUT2D eigenvalue weighted by molar-refractivity contribution is 0.255. The van der Waals surface area contributed by atoms with Crippen molar-refractivity contribution >= 4 is 10.0 Å². The zero-order valence-electron chi connectivity index (χ0n) is 10.6. The van der Waals surface area contributed by atoms with Gasteiger partial charge >= 0.3 is 0 Å². The van der Waals surface area contributed by atoms with Gasteiger partial charge in [-0.25, -0.2) is 13.1 Å². The molecule has 1 heterocycles. The van der Waals surface area contributed by atoms with Crippen LogP contribution in [0.1, 0.15) is 26.2 Å². The predicted molar refractivity (Wildman–Crippen MR) is 68.4 cm³/mol. The van der Waals surface area contributed by atoms with Gasteiger partial charge in [-0.2, -0.15) is 0 Å². The van der Waals surface area contributed by atoms with Gasteiger partial charge in [0, 0.05) is 31.2 Å². The number of sulfonamides is 1. The summed E-state index contributed by atoms with van der Waals surface area (Å²) in [5.41, 5.74) is 0. The highest BCUT2D eigenvalue weighted by atomic mass is 32.2. The van der Waals surface area contributed by atoms with Gasteiger partial charge < -0.3 is 5.32 Å². The first-order valence-electron chi connectivity index (χ1n) is 6.42. The van der Waals surface area contributed by atoms with Gasteiger partial charge in [-0.1, -0.05) is 0 Å². The van der Waals surface area contributed by atoms with Gasteiger partial charge in [-0.05, 0) is 33.2 Å². The van der Waals surface area contributed by atoms with Crippen LogP contribution in [-0.4, -0.2) is 57.3 Å². The standard InChI is InChI=1S/C11H23N3O2S/c1-9-7-10(8-14(9)11-3-4-11)13-5-6-17(15,16)12-2/h9-13H,3-8H2,1-2H3. The van der Waals surface area contributed by atoms with E-state index >= 15 is 0 Å². The first-order valence-corrected chi connectivity index (χ1v) is 8.07. The Balaban J connectivity index is 1.70. The van der Waals surface area contributed by atoms with Crippen LogP contribution in [0.2, 0.25) is 0 Å². The summed E-state index contributed by atoms with van der Waals surface area (Å²) >= 11 is 0. The number of nitrogens with one attached hydrogen (secondary N) is 2. The molecular formula is C11H23N3O2S. The fourth-order valence-corrected chi connectivity index (χ4v) is 3.21. The second-order valence-electron chi connectivity index (χ2n) is 5.19. The average Bonchev–Trinajstić information content (AvgIpc) is 3.04. The van der Waals surface area contributed by atoms with E-state index in [0.717, 1.165) is 19.0 Å². The van der Waals surface area contributed by atoms with Crippen LogP contribution in [0.3, 0.4) is 0 Å². The lowest BCUT2D eigenvalue weighted by Gasteiger charge is -2.19. The van der Waals surface area contributed by atoms with Gasteiger partial charge in [0.05, 0.1) is 5.75 Å². The quantitative estimate of drug-likeness (QED) is 0.692. The fourth-order valence-electron chi connectivity index (χ4n) is 2.62. The minimum atomic E-state index is -3.07. The van der Waals surface area contributed by atoms with Crippen LogP contribution in [0.15, 0.2) is 0 Å². The predicted octanol–water partition coefficient (Wildman–Crippen LogP) is -0.250. The molecule has 0 aromatic rings. The SMILES string of the molecule is CNS(=O)(=O)CCNC1CC(C)N(C2CC2)C1. The molecule has 0 spiro atoms. The average molecular weight is 261 g/mol. The molecule has 100 valence electrons. The van der Waals surface area contributed by atoms with Crippen molar-refractivity contribution in [3.8, 4) is 0 Å². The lowest BCUT2D eigenvalue weighted by Crippen LogP contribution is -2.37. The number of hydrogen-bond acceptors (Lipinski definition) is 4. The maximum atomic E-state index is 11.3. The zero-order valence-corrected chi connectivity index (χ0v) is 11.5. The molecule has 0 amide bonds. The summed E-state index contributed by atoms with van der Waals surface area (Å²) in [6, 6.07) is 1.90. The second-order valence-corrected chi connectivity index (χ2v) is 7.23. The van der Waals surface area contributed by atoms with E-state index in [1.165, 1.54) is 19.9 Å². The molecule has 2 N–H and O–H groups in total. The molecule has 17 heavy (non-hydrogen) atoms. The van der Waals surface area contributed by atoms with Crippen molar-refractivity contribution < 1.29 is 8.42 Å². The van der Waals surface area contributed by atoms with Crippen molar-refractivity contribution in [1.29, 1.82) is 0 Å². The van der Waals surface area contributed by atoms with Crippen LogP contribution in [-0.2, 0) is 10.0 Å². The van der Waals surface area contributed by atoms with E-state index in [2.05, 4.69) is 21.9 Å². The summed E-state index contributed by atoms with van der Waals surface area (Å²) in [7, 11) is -1.61. The monoisotopic (exact) mass is 261 g/mol. The maximum absolute atomic E-state index is 11.3. The molecular weight excluding hydrogens is 238 g/mol. The molecule has 0 aromatic heterocycles. The molecule has 1 saturated carbocycles. The maximum Gasteiger partial charge on any atom is 0.212 e. The summed E-state index contributed by atoms with van der Waals surface area (Å²) in [6.07, 6.45) is 3.81. The van der Waals surface area contributed by atoms with Gasteiger partial charge in [0.25, 0.3) is 0 Å². The molecule has 1 aliphatic carbocycles. The second kappa shape index (κ2) is 5.22. The molecule has 2 unspecified atom stereocenters. The highest BCUT2D eigenvalue weighted by Gasteiger charge is 2.38. The van der Waals surface area contributed by atoms with Crippen molar-refractivity contribution in [3.63, 3.8) is 0 Å². The topological polar surface area (TPSA) is 61.4 Å². The van der Waals surface area contributed by atoms with E-state index in [1.54, 1.807) is 0 Å². The Morgan fingerprint density at radius 1 is 1.35 bits per heavy atom. The van der Waals surface area contributed by atoms with Crippen LogP contribution in [0.5, 0.6) is 0 Å². The van der Waals surface area contributed by atoms with Crippen molar-refractivity contribution in [2.24, 2.45) is 0 Å². The Labute approximate surface area is 104 Å². The smallest absolute Gasteiger partial charge is 0.212 e. The summed E-state index contributed by atoms with van der Waals surface area (Å²) in [5, 5.41) is 3.35. The van der Waals surface area contributed by atoms with Crippen molar-refractivity contribution in [2.45, 2.75) is 44.3 Å². The van der Waals surface area contributed by atoms with Crippen molar-refractivity contribution in [3.05, 3.63) is 0 Å². The molecule has 0 bridgehead atoms. The Bertz CT molecular complexity index is 354. The Morgan fingerprint density at radius 3 is 2.65 bits per heavy atom. The van der Waals surface area contributed by atoms with Crippen LogP contribution in [0, 0.1) is 0 Å². The van der Waals surface area contributed by atoms with Gasteiger partial charge in [0.15, 0.2) is 0 Å². The van der Waals surface area contributed by atoms with Crippen molar-refractivity contribution in [2.75, 3.05) is 25.9 Å². The largest absolute Gasteiger partial charge is 0.312 e. The highest BCUT2D eigenvalue weighted by molar-refractivity contribution is 7.89. The van der Waals surface area contributed by atoms with E-state index < -0.39 is 10.0 Å². The number of likely N-dealkylation sites (tertiary alicyclic amines) is 1. The third kappa shape index (κ3) is 3.64. The molecule has 0 aromatic carbocycles. The van der Waals surface area contributed by atoms with Gasteiger partial charge in [-0.3, -0.25) is 4.90 Å². The van der Waals surface area contributed by atoms with Crippen LogP contribution >= 0.6 is 0 Å². The highest BCUT2D eigenvalue weighted by Crippen LogP contribution is 2.33. The van der Waals surface area contributed by atoms with Crippen LogP contribution < -0.4 is 10.0 Å². The van der Waals surface area contributed by atoms with Crippen molar-refractivity contribution in [1.82, 2.24) is 14.9 Å². The first kappa shape index (κ1) is 13.3. The third-order valence-electron chi connectivity index (χ3n) is 3.75. The molecule has 2 atom stereocenters. The van der Waals surface area contributed by atoms with Gasteiger partial charge in [-0.15, -0.1) is 0 Å². The minimum absolute atomic E-state index is 0.164. The molecule has 0 radical (unpaired) electrons. The van der Waals surface area contributed by atoms with Crippen LogP contribution in [0.4, 0.5) is 0 Å². The van der Waals surface area contributed by atoms with E-state index in [1.807, 2.05) is 0 Å². The zero-order chi connectivity index (χ0) is 12.5. The molecule has 5 nitrogen and oxygen atoms in total. The minimum Gasteiger partial charge on any atom is -0.312 e. The summed E-state index contributed by atoms with van der Waals surface area (Å²) < 4.78 is 24.9. The van der Waals surface area contributed by atoms with E-state index in [4.69, 9.17) is 0 Å². The summed E-state index contributed by atoms with van der Waals surface area (Å²) in [4.78, 5) is 2.56. The van der Waals surface area contributed by atoms with E-state index in [0.29, 0.717) is 18.6 Å². The third-order valence-corrected chi connectivity index (χ3v) is 5.12. The van der Waals surface area contributed by atoms with Gasteiger partial charge in [0.2, 0.25) is 10.0 Å². The first-order chi connectivity index (χ1) is 8.02. The van der Waals surface area contributed by atoms with E-state index in [-0.39, 0.29) is 5.75 Å². The summed E-state index contributed by atoms with van der Waals surface area (Å²) in [6.45, 7) is 3.88. The molecule has 2 aliphatic rings. The van der Waals surface area contributed by atoms with Crippen LogP contribution in [0.25, 0.3) is 0 Å². The normalized spacial score (nSPS) is 30.9. The fraction of sp³-hybridized carbons (Fsp3) is 1.00. The number of nitrogens with zero attached hydrogens (tertiary/aromatic N) is 1. The van der Waals surface area contributed by atoms with E-state index in [9.17, 15) is 8.42 Å². The summed E-state index contributed by atoms with van der Waals surface area (Å²) in [5.74, 6) is 0.164. The number of rotatable bonds is 6. The molecule has 1 saturated heterocycles. The Morgan fingerprint density at radius 2 is 2.06 bits per heavy atom. The lowest BCUT2D eigenvalue weighted by atomic mass is 10.2. The Kier molecular flexibility index (Phi) is 4.07. The van der Waals surface area contributed by atoms with Gasteiger partial charge in [0.1, 0.15) is 0 Å². The molecule has 1 aliphatic heterocycles. The molecule has 6 heteroatoms. The Hall–Kier alpha value is -0.170. The number of hydrogen-bond donors (Lipinski definition) is 2.